The second-order valence-corrected chi connectivity index (χ2v) is 6.11. The van der Waals surface area contributed by atoms with Crippen LogP contribution in [0.3, 0.4) is 0 Å². The fraction of sp³-hybridized carbons (Fsp3) is 0.529. The highest BCUT2D eigenvalue weighted by atomic mass is 16.3. The molecule has 1 N–H and O–H groups in total. The van der Waals surface area contributed by atoms with E-state index < -0.39 is 0 Å². The third kappa shape index (κ3) is 2.99. The van der Waals surface area contributed by atoms with Crippen molar-refractivity contribution in [1.29, 1.82) is 0 Å². The largest absolute Gasteiger partial charge is 0.396 e. The number of hydrogen-bond donors (Lipinski definition) is 1. The number of piperidine rings is 1. The second-order valence-electron chi connectivity index (χ2n) is 6.11. The average molecular weight is 302 g/mol. The predicted molar refractivity (Wildman–Crippen MR) is 83.7 cm³/mol. The van der Waals surface area contributed by atoms with Crippen molar-refractivity contribution in [3.05, 3.63) is 29.8 Å². The van der Waals surface area contributed by atoms with Gasteiger partial charge in [-0.2, -0.15) is 0 Å². The van der Waals surface area contributed by atoms with Crippen LogP contribution in [0.25, 0.3) is 0 Å². The van der Waals surface area contributed by atoms with Gasteiger partial charge in [-0.3, -0.25) is 9.59 Å². The fourth-order valence-electron chi connectivity index (χ4n) is 3.21. The van der Waals surface area contributed by atoms with E-state index >= 15 is 0 Å². The van der Waals surface area contributed by atoms with E-state index in [9.17, 15) is 9.59 Å². The molecule has 0 radical (unpaired) electrons. The van der Waals surface area contributed by atoms with Crippen molar-refractivity contribution in [1.82, 2.24) is 4.90 Å². The van der Waals surface area contributed by atoms with Gasteiger partial charge in [-0.15, -0.1) is 0 Å². The SMILES string of the molecule is O=C(c1ccc(N2CCCC2=O)cc1)N1CCC(CO)CC1. The zero-order valence-electron chi connectivity index (χ0n) is 12.7. The standard InChI is InChI=1S/C17H22N2O3/c20-12-13-7-10-18(11-8-13)17(22)14-3-5-15(6-4-14)19-9-1-2-16(19)21/h3-6,13,20H,1-2,7-12H2. The molecule has 0 spiro atoms. The van der Waals surface area contributed by atoms with Crippen LogP contribution < -0.4 is 4.90 Å². The molecule has 0 saturated carbocycles. The van der Waals surface area contributed by atoms with Crippen LogP contribution in [0.2, 0.25) is 0 Å². The zero-order chi connectivity index (χ0) is 15.5. The molecule has 5 nitrogen and oxygen atoms in total. The minimum Gasteiger partial charge on any atom is -0.396 e. The van der Waals surface area contributed by atoms with Gasteiger partial charge in [0.25, 0.3) is 5.91 Å². The molecule has 0 aromatic heterocycles. The number of aliphatic hydroxyl groups is 1. The van der Waals surface area contributed by atoms with Crippen molar-refractivity contribution in [3.63, 3.8) is 0 Å². The van der Waals surface area contributed by atoms with E-state index in [0.29, 0.717) is 31.0 Å². The molecule has 118 valence electrons. The van der Waals surface area contributed by atoms with Gasteiger partial charge in [-0.25, -0.2) is 0 Å². The first-order valence-electron chi connectivity index (χ1n) is 7.99. The van der Waals surface area contributed by atoms with Gasteiger partial charge in [-0.1, -0.05) is 0 Å². The first kappa shape index (κ1) is 15.0. The average Bonchev–Trinajstić information content (AvgIpc) is 3.00. The lowest BCUT2D eigenvalue weighted by Gasteiger charge is -2.31. The number of carbonyl (C=O) groups is 2. The van der Waals surface area contributed by atoms with Crippen molar-refractivity contribution in [2.45, 2.75) is 25.7 Å². The minimum atomic E-state index is 0.0377. The van der Waals surface area contributed by atoms with Gasteiger partial charge in [-0.05, 0) is 49.4 Å². The first-order valence-corrected chi connectivity index (χ1v) is 7.99. The maximum atomic E-state index is 12.5. The van der Waals surface area contributed by atoms with E-state index in [0.717, 1.165) is 31.5 Å². The lowest BCUT2D eigenvalue weighted by Crippen LogP contribution is -2.39. The summed E-state index contributed by atoms with van der Waals surface area (Å²) in [4.78, 5) is 27.8. The number of nitrogens with zero attached hydrogens (tertiary/aromatic N) is 2. The Kier molecular flexibility index (Phi) is 4.43. The maximum Gasteiger partial charge on any atom is 0.253 e. The van der Waals surface area contributed by atoms with Crippen molar-refractivity contribution < 1.29 is 14.7 Å². The number of likely N-dealkylation sites (tertiary alicyclic amines) is 1. The van der Waals surface area contributed by atoms with Crippen LogP contribution in [-0.4, -0.2) is 48.1 Å². The molecular formula is C17H22N2O3. The van der Waals surface area contributed by atoms with Gasteiger partial charge < -0.3 is 14.9 Å². The normalized spacial score (nSPS) is 19.8. The summed E-state index contributed by atoms with van der Waals surface area (Å²) in [5, 5.41) is 9.15. The van der Waals surface area contributed by atoms with Crippen LogP contribution in [0, 0.1) is 5.92 Å². The number of benzene rings is 1. The summed E-state index contributed by atoms with van der Waals surface area (Å²) in [7, 11) is 0. The number of amides is 2. The third-order valence-electron chi connectivity index (χ3n) is 4.66. The van der Waals surface area contributed by atoms with Gasteiger partial charge in [0, 0.05) is 43.9 Å². The molecule has 0 aliphatic carbocycles. The first-order chi connectivity index (χ1) is 10.7. The predicted octanol–water partition coefficient (Wildman–Crippen LogP) is 1.66. The van der Waals surface area contributed by atoms with Gasteiger partial charge >= 0.3 is 0 Å². The van der Waals surface area contributed by atoms with Gasteiger partial charge in [0.2, 0.25) is 5.91 Å². The van der Waals surface area contributed by atoms with Crippen LogP contribution in [0.1, 0.15) is 36.0 Å². The number of hydrogen-bond acceptors (Lipinski definition) is 3. The van der Waals surface area contributed by atoms with Gasteiger partial charge in [0.1, 0.15) is 0 Å². The zero-order valence-corrected chi connectivity index (χ0v) is 12.7. The Bertz CT molecular complexity index is 548. The van der Waals surface area contributed by atoms with Gasteiger partial charge in [0.15, 0.2) is 0 Å². The Balaban J connectivity index is 1.65. The van der Waals surface area contributed by atoms with E-state index in [1.165, 1.54) is 0 Å². The van der Waals surface area contributed by atoms with E-state index in [1.807, 2.05) is 17.0 Å². The van der Waals surface area contributed by atoms with Crippen LogP contribution in [0.4, 0.5) is 5.69 Å². The van der Waals surface area contributed by atoms with Crippen molar-refractivity contribution >= 4 is 17.5 Å². The number of rotatable bonds is 3. The molecule has 1 aromatic rings. The molecule has 2 heterocycles. The smallest absolute Gasteiger partial charge is 0.253 e. The Morgan fingerprint density at radius 3 is 2.36 bits per heavy atom. The highest BCUT2D eigenvalue weighted by Gasteiger charge is 2.24. The third-order valence-corrected chi connectivity index (χ3v) is 4.66. The molecular weight excluding hydrogens is 280 g/mol. The lowest BCUT2D eigenvalue weighted by molar-refractivity contribution is -0.117. The highest BCUT2D eigenvalue weighted by molar-refractivity contribution is 5.97. The molecule has 22 heavy (non-hydrogen) atoms. The summed E-state index contributed by atoms with van der Waals surface area (Å²) in [6, 6.07) is 7.33. The second kappa shape index (κ2) is 6.48. The minimum absolute atomic E-state index is 0.0377. The molecule has 0 unspecified atom stereocenters. The number of aliphatic hydroxyl groups excluding tert-OH is 1. The maximum absolute atomic E-state index is 12.5. The molecule has 2 amide bonds. The Labute approximate surface area is 130 Å². The van der Waals surface area contributed by atoms with E-state index in [2.05, 4.69) is 0 Å². The van der Waals surface area contributed by atoms with Crippen LogP contribution in [0.15, 0.2) is 24.3 Å². The summed E-state index contributed by atoms with van der Waals surface area (Å²) < 4.78 is 0. The molecule has 3 rings (SSSR count). The van der Waals surface area contributed by atoms with E-state index in [1.54, 1.807) is 17.0 Å². The Morgan fingerprint density at radius 2 is 1.82 bits per heavy atom. The molecule has 2 aliphatic heterocycles. The molecule has 5 heteroatoms. The molecule has 0 atom stereocenters. The molecule has 2 saturated heterocycles. The molecule has 2 aliphatic rings. The summed E-state index contributed by atoms with van der Waals surface area (Å²) in [5.74, 6) is 0.522. The Hall–Kier alpha value is -1.88. The number of carbonyl (C=O) groups excluding carboxylic acids is 2. The topological polar surface area (TPSA) is 60.9 Å². The summed E-state index contributed by atoms with van der Waals surface area (Å²) >= 11 is 0. The van der Waals surface area contributed by atoms with Crippen molar-refractivity contribution in [2.75, 3.05) is 31.1 Å². The fourth-order valence-corrected chi connectivity index (χ4v) is 3.21. The van der Waals surface area contributed by atoms with Gasteiger partial charge in [0.05, 0.1) is 0 Å². The molecule has 1 aromatic carbocycles. The monoisotopic (exact) mass is 302 g/mol. The van der Waals surface area contributed by atoms with Crippen LogP contribution in [0.5, 0.6) is 0 Å². The van der Waals surface area contributed by atoms with Crippen molar-refractivity contribution in [2.24, 2.45) is 5.92 Å². The van der Waals surface area contributed by atoms with Crippen LogP contribution in [-0.2, 0) is 4.79 Å². The Morgan fingerprint density at radius 1 is 1.14 bits per heavy atom. The highest BCUT2D eigenvalue weighted by Crippen LogP contribution is 2.23. The molecule has 0 bridgehead atoms. The van der Waals surface area contributed by atoms with Crippen LogP contribution >= 0.6 is 0 Å². The number of anilines is 1. The molecule has 2 fully saturated rings. The lowest BCUT2D eigenvalue weighted by atomic mass is 9.97. The van der Waals surface area contributed by atoms with E-state index in [-0.39, 0.29) is 18.4 Å². The summed E-state index contributed by atoms with van der Waals surface area (Å²) in [6.07, 6.45) is 3.24. The van der Waals surface area contributed by atoms with Crippen molar-refractivity contribution in [3.8, 4) is 0 Å². The summed E-state index contributed by atoms with van der Waals surface area (Å²) in [6.45, 7) is 2.38. The quantitative estimate of drug-likeness (QED) is 0.923. The summed E-state index contributed by atoms with van der Waals surface area (Å²) in [5.41, 5.74) is 1.54. The van der Waals surface area contributed by atoms with E-state index in [4.69, 9.17) is 5.11 Å².